The number of quaternary nitrogens is 1. The molecule has 2 unspecified atom stereocenters. The van der Waals surface area contributed by atoms with Gasteiger partial charge in [-0.1, -0.05) is 425 Å². The number of phosphoric acid groups is 1. The summed E-state index contributed by atoms with van der Waals surface area (Å²) in [6.07, 6.45) is 89.6. The fourth-order valence-electron chi connectivity index (χ4n) is 12.9. The molecule has 0 saturated heterocycles. The van der Waals surface area contributed by atoms with E-state index in [1.807, 2.05) is 21.1 Å². The molecule has 0 rings (SSSR count). The number of nitrogens with zero attached hydrogens (tertiary/aromatic N) is 1. The summed E-state index contributed by atoms with van der Waals surface area (Å²) in [4.78, 5) is 38.2. The van der Waals surface area contributed by atoms with E-state index in [9.17, 15) is 19.0 Å². The normalized spacial score (nSPS) is 12.9. The van der Waals surface area contributed by atoms with Crippen molar-refractivity contribution in [2.24, 2.45) is 0 Å². The molecule has 0 aromatic rings. The van der Waals surface area contributed by atoms with Crippen molar-refractivity contribution in [3.05, 3.63) is 0 Å². The molecular weight excluding hydrogens is 1130 g/mol. The first kappa shape index (κ1) is 89.0. The Morgan fingerprint density at radius 3 is 0.711 bits per heavy atom. The zero-order valence-corrected chi connectivity index (χ0v) is 62.5. The second kappa shape index (κ2) is 72.3. The summed E-state index contributed by atoms with van der Waals surface area (Å²) in [6, 6.07) is 0. The van der Waals surface area contributed by atoms with Crippen LogP contribution < -0.4 is 4.89 Å². The molecule has 0 amide bonds. The molecule has 90 heavy (non-hydrogen) atoms. The number of ether oxygens (including phenoxy) is 2. The van der Waals surface area contributed by atoms with Crippen molar-refractivity contribution >= 4 is 19.8 Å². The van der Waals surface area contributed by atoms with Gasteiger partial charge >= 0.3 is 11.9 Å². The lowest BCUT2D eigenvalue weighted by Gasteiger charge is -2.28. The number of phosphoric ester groups is 1. The summed E-state index contributed by atoms with van der Waals surface area (Å²) >= 11 is 0. The molecule has 0 radical (unpaired) electrons. The number of rotatable bonds is 78. The second-order valence-corrected chi connectivity index (χ2v) is 30.9. The monoisotopic (exact) mass is 1290 g/mol. The van der Waals surface area contributed by atoms with Crippen molar-refractivity contribution in [3.63, 3.8) is 0 Å². The van der Waals surface area contributed by atoms with Gasteiger partial charge in [-0.2, -0.15) is 0 Å². The van der Waals surface area contributed by atoms with E-state index in [4.69, 9.17) is 18.5 Å². The van der Waals surface area contributed by atoms with Crippen LogP contribution in [0.3, 0.4) is 0 Å². The largest absolute Gasteiger partial charge is 0.756 e. The molecule has 0 aliphatic heterocycles. The number of esters is 2. The minimum Gasteiger partial charge on any atom is -0.756 e. The highest BCUT2D eigenvalue weighted by Crippen LogP contribution is 2.38. The predicted octanol–water partition coefficient (Wildman–Crippen LogP) is 26.2. The Morgan fingerprint density at radius 1 is 0.300 bits per heavy atom. The molecule has 0 fully saturated rings. The van der Waals surface area contributed by atoms with Crippen LogP contribution in [0.2, 0.25) is 0 Å². The molecule has 0 saturated carbocycles. The quantitative estimate of drug-likeness (QED) is 0.0256. The van der Waals surface area contributed by atoms with Crippen LogP contribution in [0, 0.1) is 0 Å². The molecule has 0 bridgehead atoms. The Balaban J connectivity index is 3.88. The highest BCUT2D eigenvalue weighted by molar-refractivity contribution is 7.45. The molecule has 9 nitrogen and oxygen atoms in total. The van der Waals surface area contributed by atoms with Crippen LogP contribution >= 0.6 is 7.82 Å². The third-order valence-electron chi connectivity index (χ3n) is 19.1. The molecule has 10 heteroatoms. The number of hydrogen-bond acceptors (Lipinski definition) is 8. The Kier molecular flexibility index (Phi) is 71.5. The lowest BCUT2D eigenvalue weighted by molar-refractivity contribution is -0.870. The number of carbonyl (C=O) groups is 2. The molecular formula is C80H160NO8P. The maximum absolute atomic E-state index is 12.9. The Morgan fingerprint density at radius 2 is 0.500 bits per heavy atom. The molecule has 0 aromatic carbocycles. The van der Waals surface area contributed by atoms with Crippen molar-refractivity contribution in [1.82, 2.24) is 0 Å². The molecule has 0 N–H and O–H groups in total. The molecule has 0 spiro atoms. The molecule has 538 valence electrons. The van der Waals surface area contributed by atoms with Gasteiger partial charge in [0.2, 0.25) is 0 Å². The first-order valence-electron chi connectivity index (χ1n) is 40.7. The highest BCUT2D eigenvalue weighted by atomic mass is 31.2. The number of likely N-dealkylation sites (N-methyl/N-ethyl adjacent to an activating group) is 1. The highest BCUT2D eigenvalue weighted by Gasteiger charge is 2.22. The summed E-state index contributed by atoms with van der Waals surface area (Å²) < 4.78 is 34.4. The van der Waals surface area contributed by atoms with Crippen LogP contribution in [0.25, 0.3) is 0 Å². The van der Waals surface area contributed by atoms with Gasteiger partial charge in [0.25, 0.3) is 7.82 Å². The van der Waals surface area contributed by atoms with Crippen LogP contribution in [0.5, 0.6) is 0 Å². The number of carbonyl (C=O) groups excluding carboxylic acids is 2. The van der Waals surface area contributed by atoms with Crippen LogP contribution in [0.15, 0.2) is 0 Å². The molecule has 0 aliphatic rings. The zero-order chi connectivity index (χ0) is 65.5. The minimum absolute atomic E-state index is 0.0246. The Hall–Kier alpha value is -0.990. The van der Waals surface area contributed by atoms with Gasteiger partial charge in [-0.15, -0.1) is 0 Å². The zero-order valence-electron chi connectivity index (χ0n) is 61.6. The SMILES string of the molecule is CCCCCCCCCCCCCCCCCCCCCCCCCCCCCCCCCCCC(=O)OCC(COP(=O)([O-])OCC[N+](C)(C)C)OC(=O)CCCCCCCCCCCCCCCCCCCCCCCCCCCCCCCCCCC. The smallest absolute Gasteiger partial charge is 0.306 e. The fourth-order valence-corrected chi connectivity index (χ4v) is 13.6. The molecule has 0 aromatic heterocycles. The van der Waals surface area contributed by atoms with Gasteiger partial charge in [-0.3, -0.25) is 14.2 Å². The second-order valence-electron chi connectivity index (χ2n) is 29.5. The van der Waals surface area contributed by atoms with Crippen molar-refractivity contribution in [2.45, 2.75) is 457 Å². The van der Waals surface area contributed by atoms with E-state index in [1.54, 1.807) is 0 Å². The number of hydrogen-bond donors (Lipinski definition) is 0. The minimum atomic E-state index is -4.64. The lowest BCUT2D eigenvalue weighted by atomic mass is 10.0. The van der Waals surface area contributed by atoms with Crippen LogP contribution in [-0.2, 0) is 32.7 Å². The number of unbranched alkanes of at least 4 members (excludes halogenated alkanes) is 64. The summed E-state index contributed by atoms with van der Waals surface area (Å²) in [7, 11) is 1.20. The van der Waals surface area contributed by atoms with Gasteiger partial charge in [0.15, 0.2) is 6.10 Å². The summed E-state index contributed by atoms with van der Waals surface area (Å²) in [5.41, 5.74) is 0. The summed E-state index contributed by atoms with van der Waals surface area (Å²) in [5.74, 6) is -0.800. The topological polar surface area (TPSA) is 111 Å². The van der Waals surface area contributed by atoms with Gasteiger partial charge < -0.3 is 27.9 Å². The van der Waals surface area contributed by atoms with E-state index in [0.717, 1.165) is 32.1 Å². The van der Waals surface area contributed by atoms with Crippen molar-refractivity contribution in [2.75, 3.05) is 47.5 Å². The van der Waals surface area contributed by atoms with E-state index >= 15 is 0 Å². The van der Waals surface area contributed by atoms with Gasteiger partial charge in [0.1, 0.15) is 19.8 Å². The maximum atomic E-state index is 12.9. The maximum Gasteiger partial charge on any atom is 0.306 e. The van der Waals surface area contributed by atoms with Crippen molar-refractivity contribution < 1.29 is 42.1 Å². The Labute approximate surface area is 563 Å². The first-order valence-corrected chi connectivity index (χ1v) is 42.2. The molecule has 2 atom stereocenters. The van der Waals surface area contributed by atoms with Crippen LogP contribution in [-0.4, -0.2) is 70.0 Å². The molecule has 0 heterocycles. The van der Waals surface area contributed by atoms with Gasteiger partial charge in [0.05, 0.1) is 27.7 Å². The fraction of sp³-hybridized carbons (Fsp3) is 0.975. The van der Waals surface area contributed by atoms with Gasteiger partial charge in [-0.05, 0) is 12.8 Å². The van der Waals surface area contributed by atoms with E-state index in [2.05, 4.69) is 13.8 Å². The van der Waals surface area contributed by atoms with Crippen LogP contribution in [0.4, 0.5) is 0 Å². The first-order chi connectivity index (χ1) is 44.0. The third-order valence-corrected chi connectivity index (χ3v) is 20.1. The summed E-state index contributed by atoms with van der Waals surface area (Å²) in [5, 5.41) is 0. The van der Waals surface area contributed by atoms with E-state index in [0.29, 0.717) is 17.4 Å². The van der Waals surface area contributed by atoms with Gasteiger partial charge in [0, 0.05) is 12.8 Å². The average molecular weight is 1300 g/mol. The van der Waals surface area contributed by atoms with E-state index < -0.39 is 26.5 Å². The van der Waals surface area contributed by atoms with Gasteiger partial charge in [-0.25, -0.2) is 0 Å². The van der Waals surface area contributed by atoms with E-state index in [-0.39, 0.29) is 32.0 Å². The van der Waals surface area contributed by atoms with Crippen molar-refractivity contribution in [1.29, 1.82) is 0 Å². The predicted molar refractivity (Wildman–Crippen MR) is 389 cm³/mol. The van der Waals surface area contributed by atoms with Crippen LogP contribution in [0.1, 0.15) is 450 Å². The standard InChI is InChI=1S/C80H160NO8P/c1-6-8-10-12-14-16-18-20-22-24-26-28-30-32-34-36-38-40-42-44-46-48-50-52-54-56-58-60-62-64-66-68-70-72-79(82)86-76-78(77-88-90(84,85)87-75-74-81(3,4)5)89-80(83)73-71-69-67-65-63-61-59-57-55-53-51-49-47-45-43-41-39-37-35-33-31-29-27-25-23-21-19-17-15-13-11-9-7-2/h78H,6-77H2,1-5H3. The Bertz CT molecular complexity index is 1470. The van der Waals surface area contributed by atoms with Crippen molar-refractivity contribution in [3.8, 4) is 0 Å². The lowest BCUT2D eigenvalue weighted by Crippen LogP contribution is -2.37. The summed E-state index contributed by atoms with van der Waals surface area (Å²) in [6.45, 7) is 4.35. The molecule has 0 aliphatic carbocycles. The van der Waals surface area contributed by atoms with E-state index in [1.165, 1.54) is 385 Å². The third kappa shape index (κ3) is 76.0. The average Bonchev–Trinajstić information content (AvgIpc) is 3.56.